The van der Waals surface area contributed by atoms with Gasteiger partial charge in [-0.05, 0) is 49.2 Å². The maximum absolute atomic E-state index is 12.7. The first-order chi connectivity index (χ1) is 12.0. The largest absolute Gasteiger partial charge is 0.467 e. The van der Waals surface area contributed by atoms with E-state index in [4.69, 9.17) is 16.0 Å². The Bertz CT molecular complexity index is 728. The van der Waals surface area contributed by atoms with Gasteiger partial charge in [-0.15, -0.1) is 0 Å². The number of rotatable bonds is 4. The average molecular weight is 361 g/mol. The lowest BCUT2D eigenvalue weighted by Crippen LogP contribution is -2.45. The Kier molecular flexibility index (Phi) is 5.43. The van der Waals surface area contributed by atoms with Crippen molar-refractivity contribution in [1.82, 2.24) is 9.80 Å². The third-order valence-electron chi connectivity index (χ3n) is 4.50. The summed E-state index contributed by atoms with van der Waals surface area (Å²) >= 11 is 5.88. The molecule has 0 saturated carbocycles. The molecule has 132 valence electrons. The Labute approximate surface area is 152 Å². The molecule has 1 saturated heterocycles. The van der Waals surface area contributed by atoms with E-state index in [0.717, 1.165) is 18.6 Å². The van der Waals surface area contributed by atoms with Crippen LogP contribution in [0.4, 0.5) is 0 Å². The Morgan fingerprint density at radius 3 is 2.72 bits per heavy atom. The molecule has 1 aliphatic heterocycles. The van der Waals surface area contributed by atoms with E-state index in [-0.39, 0.29) is 17.7 Å². The van der Waals surface area contributed by atoms with E-state index in [9.17, 15) is 9.59 Å². The minimum Gasteiger partial charge on any atom is -0.467 e. The molecule has 1 aromatic heterocycles. The predicted octanol–water partition coefficient (Wildman–Crippen LogP) is 3.44. The SMILES string of the molecule is CN(Cc1ccco1)C(=O)[C@@H]1CCCN(C(=O)c2ccc(Cl)cc2)C1. The first-order valence-electron chi connectivity index (χ1n) is 8.37. The van der Waals surface area contributed by atoms with Gasteiger partial charge in [-0.25, -0.2) is 0 Å². The van der Waals surface area contributed by atoms with Gasteiger partial charge < -0.3 is 14.2 Å². The minimum absolute atomic E-state index is 0.0463. The number of carbonyl (C=O) groups excluding carboxylic acids is 2. The van der Waals surface area contributed by atoms with Crippen LogP contribution in [0.5, 0.6) is 0 Å². The maximum Gasteiger partial charge on any atom is 0.253 e. The normalized spacial score (nSPS) is 17.4. The summed E-state index contributed by atoms with van der Waals surface area (Å²) in [7, 11) is 1.77. The Hall–Kier alpha value is -2.27. The number of hydrogen-bond donors (Lipinski definition) is 0. The van der Waals surface area contributed by atoms with Crippen molar-refractivity contribution in [2.75, 3.05) is 20.1 Å². The number of amides is 2. The molecule has 0 aliphatic carbocycles. The second-order valence-corrected chi connectivity index (χ2v) is 6.81. The minimum atomic E-state index is -0.176. The molecule has 0 N–H and O–H groups in total. The van der Waals surface area contributed by atoms with Crippen LogP contribution in [-0.2, 0) is 11.3 Å². The van der Waals surface area contributed by atoms with E-state index >= 15 is 0 Å². The zero-order valence-electron chi connectivity index (χ0n) is 14.2. The van der Waals surface area contributed by atoms with Gasteiger partial charge in [0.1, 0.15) is 5.76 Å². The van der Waals surface area contributed by atoms with Gasteiger partial charge in [0.05, 0.1) is 18.7 Å². The molecule has 25 heavy (non-hydrogen) atoms. The molecule has 0 spiro atoms. The molecular weight excluding hydrogens is 340 g/mol. The Morgan fingerprint density at radius 1 is 1.28 bits per heavy atom. The highest BCUT2D eigenvalue weighted by Crippen LogP contribution is 2.22. The molecule has 2 amide bonds. The van der Waals surface area contributed by atoms with E-state index in [1.54, 1.807) is 53.4 Å². The molecule has 2 heterocycles. The van der Waals surface area contributed by atoms with Crippen LogP contribution in [0.15, 0.2) is 47.1 Å². The summed E-state index contributed by atoms with van der Waals surface area (Å²) in [6.07, 6.45) is 3.22. The maximum atomic E-state index is 12.7. The van der Waals surface area contributed by atoms with Gasteiger partial charge in [0.25, 0.3) is 5.91 Å². The average Bonchev–Trinajstić information content (AvgIpc) is 3.14. The topological polar surface area (TPSA) is 53.8 Å². The van der Waals surface area contributed by atoms with Crippen molar-refractivity contribution in [2.24, 2.45) is 5.92 Å². The van der Waals surface area contributed by atoms with Crippen molar-refractivity contribution in [3.8, 4) is 0 Å². The molecule has 0 unspecified atom stereocenters. The standard InChI is InChI=1S/C19H21ClN2O3/c1-21(13-17-5-3-11-25-17)18(23)15-4-2-10-22(12-15)19(24)14-6-8-16(20)9-7-14/h3,5-9,11,15H,2,4,10,12-13H2,1H3/t15-/m1/s1. The van der Waals surface area contributed by atoms with Crippen molar-refractivity contribution < 1.29 is 14.0 Å². The molecular formula is C19H21ClN2O3. The molecule has 1 atom stereocenters. The number of benzene rings is 1. The molecule has 0 bridgehead atoms. The van der Waals surface area contributed by atoms with Crippen LogP contribution in [0, 0.1) is 5.92 Å². The molecule has 5 nitrogen and oxygen atoms in total. The highest BCUT2D eigenvalue weighted by molar-refractivity contribution is 6.30. The number of piperidine rings is 1. The summed E-state index contributed by atoms with van der Waals surface area (Å²) in [6, 6.07) is 10.5. The van der Waals surface area contributed by atoms with E-state index in [1.807, 2.05) is 6.07 Å². The first-order valence-corrected chi connectivity index (χ1v) is 8.74. The summed E-state index contributed by atoms with van der Waals surface area (Å²) < 4.78 is 5.30. The predicted molar refractivity (Wildman–Crippen MR) is 95.3 cm³/mol. The number of halogens is 1. The highest BCUT2D eigenvalue weighted by Gasteiger charge is 2.30. The smallest absolute Gasteiger partial charge is 0.253 e. The van der Waals surface area contributed by atoms with Crippen LogP contribution < -0.4 is 0 Å². The fraction of sp³-hybridized carbons (Fsp3) is 0.368. The number of carbonyl (C=O) groups is 2. The molecule has 3 rings (SSSR count). The molecule has 0 radical (unpaired) electrons. The lowest BCUT2D eigenvalue weighted by atomic mass is 9.96. The molecule has 1 aromatic carbocycles. The van der Waals surface area contributed by atoms with Gasteiger partial charge in [-0.2, -0.15) is 0 Å². The zero-order valence-corrected chi connectivity index (χ0v) is 14.9. The summed E-state index contributed by atoms with van der Waals surface area (Å²) in [5, 5.41) is 0.600. The second-order valence-electron chi connectivity index (χ2n) is 6.37. The van der Waals surface area contributed by atoms with Gasteiger partial charge in [0, 0.05) is 30.7 Å². The van der Waals surface area contributed by atoms with Crippen molar-refractivity contribution in [3.05, 3.63) is 59.0 Å². The van der Waals surface area contributed by atoms with Gasteiger partial charge >= 0.3 is 0 Å². The summed E-state index contributed by atoms with van der Waals surface area (Å²) in [4.78, 5) is 28.8. The molecule has 1 aliphatic rings. The fourth-order valence-electron chi connectivity index (χ4n) is 3.16. The first kappa shape index (κ1) is 17.5. The van der Waals surface area contributed by atoms with E-state index in [0.29, 0.717) is 30.2 Å². The number of nitrogens with zero attached hydrogens (tertiary/aromatic N) is 2. The quantitative estimate of drug-likeness (QED) is 0.839. The third-order valence-corrected chi connectivity index (χ3v) is 4.75. The van der Waals surface area contributed by atoms with Gasteiger partial charge in [-0.1, -0.05) is 11.6 Å². The van der Waals surface area contributed by atoms with Gasteiger partial charge in [0.2, 0.25) is 5.91 Å². The lowest BCUT2D eigenvalue weighted by molar-refractivity contribution is -0.136. The van der Waals surface area contributed by atoms with Gasteiger partial charge in [0.15, 0.2) is 0 Å². The zero-order chi connectivity index (χ0) is 17.8. The molecule has 6 heteroatoms. The number of hydrogen-bond acceptors (Lipinski definition) is 3. The summed E-state index contributed by atoms with van der Waals surface area (Å²) in [6.45, 7) is 1.56. The summed E-state index contributed by atoms with van der Waals surface area (Å²) in [5.41, 5.74) is 0.599. The Balaban J connectivity index is 1.63. The lowest BCUT2D eigenvalue weighted by Gasteiger charge is -2.34. The number of furan rings is 1. The van der Waals surface area contributed by atoms with E-state index in [2.05, 4.69) is 0 Å². The van der Waals surface area contributed by atoms with Crippen molar-refractivity contribution in [2.45, 2.75) is 19.4 Å². The molecule has 1 fully saturated rings. The highest BCUT2D eigenvalue weighted by atomic mass is 35.5. The van der Waals surface area contributed by atoms with E-state index in [1.165, 1.54) is 0 Å². The van der Waals surface area contributed by atoms with Crippen molar-refractivity contribution in [3.63, 3.8) is 0 Å². The Morgan fingerprint density at radius 2 is 2.04 bits per heavy atom. The molecule has 2 aromatic rings. The monoisotopic (exact) mass is 360 g/mol. The van der Waals surface area contributed by atoms with Crippen LogP contribution in [0.3, 0.4) is 0 Å². The third kappa shape index (κ3) is 4.23. The van der Waals surface area contributed by atoms with Crippen molar-refractivity contribution >= 4 is 23.4 Å². The fourth-order valence-corrected chi connectivity index (χ4v) is 3.29. The van der Waals surface area contributed by atoms with Crippen LogP contribution in [0.25, 0.3) is 0 Å². The van der Waals surface area contributed by atoms with E-state index < -0.39 is 0 Å². The van der Waals surface area contributed by atoms with Crippen molar-refractivity contribution in [1.29, 1.82) is 0 Å². The summed E-state index contributed by atoms with van der Waals surface area (Å²) in [5.74, 6) is 0.568. The second kappa shape index (κ2) is 7.74. The van der Waals surface area contributed by atoms with Crippen LogP contribution in [0.2, 0.25) is 5.02 Å². The van der Waals surface area contributed by atoms with Crippen LogP contribution in [0.1, 0.15) is 29.0 Å². The van der Waals surface area contributed by atoms with Crippen LogP contribution in [-0.4, -0.2) is 41.8 Å². The van der Waals surface area contributed by atoms with Gasteiger partial charge in [-0.3, -0.25) is 9.59 Å². The number of likely N-dealkylation sites (tertiary alicyclic amines) is 1. The van der Waals surface area contributed by atoms with Crippen LogP contribution >= 0.6 is 11.6 Å².